The first-order valence-electron chi connectivity index (χ1n) is 6.20. The Bertz CT molecular complexity index is 640. The van der Waals surface area contributed by atoms with Crippen LogP contribution in [0.4, 0.5) is 9.93 Å². The average molecular weight is 306 g/mol. The molecular formula is C14H14N2O4S. The number of carbonyl (C=O) groups is 2. The van der Waals surface area contributed by atoms with Crippen molar-refractivity contribution in [2.75, 3.05) is 5.32 Å². The van der Waals surface area contributed by atoms with Gasteiger partial charge in [-0.05, 0) is 12.5 Å². The Labute approximate surface area is 125 Å². The van der Waals surface area contributed by atoms with E-state index in [0.29, 0.717) is 15.7 Å². The summed E-state index contributed by atoms with van der Waals surface area (Å²) in [5, 5.41) is 11.6. The van der Waals surface area contributed by atoms with Gasteiger partial charge in [-0.3, -0.25) is 10.1 Å². The third kappa shape index (κ3) is 4.57. The first-order valence-corrected chi connectivity index (χ1v) is 7.02. The lowest BCUT2D eigenvalue weighted by Crippen LogP contribution is -2.13. The van der Waals surface area contributed by atoms with Crippen molar-refractivity contribution in [3.05, 3.63) is 46.5 Å². The molecule has 0 radical (unpaired) electrons. The maximum atomic E-state index is 11.6. The molecule has 0 atom stereocenters. The standard InChI is InChI=1S/C14H14N2O4S/c1-9-11(7-12(17)18)21-13(15-9)16-14(19)20-8-10-5-3-2-4-6-10/h2-6H,7-8H2,1H3,(H,17,18)(H,15,16,19). The summed E-state index contributed by atoms with van der Waals surface area (Å²) in [6, 6.07) is 9.31. The number of amides is 1. The van der Waals surface area contributed by atoms with Gasteiger partial charge in [0.25, 0.3) is 0 Å². The molecule has 1 amide bonds. The molecule has 0 saturated heterocycles. The third-order valence-corrected chi connectivity index (χ3v) is 3.70. The number of benzene rings is 1. The van der Waals surface area contributed by atoms with Crippen LogP contribution in [0.5, 0.6) is 0 Å². The maximum Gasteiger partial charge on any atom is 0.413 e. The van der Waals surface area contributed by atoms with Crippen LogP contribution in [-0.2, 0) is 22.6 Å². The average Bonchev–Trinajstić information content (AvgIpc) is 2.77. The molecule has 2 N–H and O–H groups in total. The Balaban J connectivity index is 1.89. The van der Waals surface area contributed by atoms with Gasteiger partial charge >= 0.3 is 12.1 Å². The van der Waals surface area contributed by atoms with Gasteiger partial charge in [0, 0.05) is 4.88 Å². The minimum Gasteiger partial charge on any atom is -0.481 e. The van der Waals surface area contributed by atoms with Gasteiger partial charge in [0.1, 0.15) is 6.61 Å². The minimum absolute atomic E-state index is 0.107. The Morgan fingerprint density at radius 3 is 2.71 bits per heavy atom. The molecule has 6 nitrogen and oxygen atoms in total. The number of anilines is 1. The fourth-order valence-corrected chi connectivity index (χ4v) is 2.57. The van der Waals surface area contributed by atoms with E-state index >= 15 is 0 Å². The summed E-state index contributed by atoms with van der Waals surface area (Å²) in [5.74, 6) is -0.931. The predicted octanol–water partition coefficient (Wildman–Crippen LogP) is 2.83. The van der Waals surface area contributed by atoms with E-state index in [-0.39, 0.29) is 13.0 Å². The monoisotopic (exact) mass is 306 g/mol. The lowest BCUT2D eigenvalue weighted by atomic mass is 10.2. The zero-order chi connectivity index (χ0) is 15.2. The number of carboxylic acid groups (broad SMARTS) is 1. The van der Waals surface area contributed by atoms with Crippen molar-refractivity contribution in [3.8, 4) is 0 Å². The number of nitrogens with zero attached hydrogens (tertiary/aromatic N) is 1. The van der Waals surface area contributed by atoms with Gasteiger partial charge in [-0.15, -0.1) is 11.3 Å². The van der Waals surface area contributed by atoms with Crippen LogP contribution in [0.1, 0.15) is 16.1 Å². The van der Waals surface area contributed by atoms with E-state index in [1.165, 1.54) is 0 Å². The van der Waals surface area contributed by atoms with E-state index < -0.39 is 12.1 Å². The molecule has 0 spiro atoms. The highest BCUT2D eigenvalue weighted by molar-refractivity contribution is 7.16. The fourth-order valence-electron chi connectivity index (χ4n) is 1.63. The van der Waals surface area contributed by atoms with E-state index in [9.17, 15) is 9.59 Å². The summed E-state index contributed by atoms with van der Waals surface area (Å²) in [6.45, 7) is 1.87. The zero-order valence-electron chi connectivity index (χ0n) is 11.3. The van der Waals surface area contributed by atoms with Gasteiger partial charge < -0.3 is 9.84 Å². The summed E-state index contributed by atoms with van der Waals surface area (Å²) >= 11 is 1.13. The van der Waals surface area contributed by atoms with E-state index in [4.69, 9.17) is 9.84 Å². The Hall–Kier alpha value is -2.41. The minimum atomic E-state index is -0.931. The molecule has 1 heterocycles. The molecule has 1 aromatic heterocycles. The van der Waals surface area contributed by atoms with Gasteiger partial charge in [-0.1, -0.05) is 30.3 Å². The van der Waals surface area contributed by atoms with Gasteiger partial charge in [0.15, 0.2) is 5.13 Å². The summed E-state index contributed by atoms with van der Waals surface area (Å²) in [5.41, 5.74) is 1.48. The molecule has 0 aliphatic carbocycles. The Kier molecular flexibility index (Phi) is 4.89. The number of thiazole rings is 1. The number of carboxylic acids is 1. The smallest absolute Gasteiger partial charge is 0.413 e. The van der Waals surface area contributed by atoms with Crippen LogP contribution in [0.2, 0.25) is 0 Å². The molecular weight excluding hydrogens is 292 g/mol. The van der Waals surface area contributed by atoms with Crippen LogP contribution in [0, 0.1) is 6.92 Å². The largest absolute Gasteiger partial charge is 0.481 e. The molecule has 2 rings (SSSR count). The van der Waals surface area contributed by atoms with Crippen LogP contribution >= 0.6 is 11.3 Å². The number of hydrogen-bond donors (Lipinski definition) is 2. The van der Waals surface area contributed by atoms with Crippen molar-refractivity contribution < 1.29 is 19.4 Å². The summed E-state index contributed by atoms with van der Waals surface area (Å²) in [6.07, 6.45) is -0.723. The van der Waals surface area contributed by atoms with Crippen LogP contribution in [0.15, 0.2) is 30.3 Å². The van der Waals surface area contributed by atoms with Crippen LogP contribution < -0.4 is 5.32 Å². The molecule has 0 unspecified atom stereocenters. The van der Waals surface area contributed by atoms with Gasteiger partial charge in [0.05, 0.1) is 12.1 Å². The first kappa shape index (κ1) is 15.0. The van der Waals surface area contributed by atoms with Crippen molar-refractivity contribution in [2.24, 2.45) is 0 Å². The molecule has 0 aliphatic rings. The van der Waals surface area contributed by atoms with E-state index in [1.54, 1.807) is 6.92 Å². The molecule has 2 aromatic rings. The number of carbonyl (C=O) groups excluding carboxylic acids is 1. The number of rotatable bonds is 5. The van der Waals surface area contributed by atoms with Crippen LogP contribution in [0.25, 0.3) is 0 Å². The first-order chi connectivity index (χ1) is 10.0. The second kappa shape index (κ2) is 6.85. The maximum absolute atomic E-state index is 11.6. The number of ether oxygens (including phenoxy) is 1. The number of aryl methyl sites for hydroxylation is 1. The van der Waals surface area contributed by atoms with Crippen molar-refractivity contribution >= 4 is 28.5 Å². The van der Waals surface area contributed by atoms with Gasteiger partial charge in [-0.2, -0.15) is 0 Å². The molecule has 0 fully saturated rings. The Morgan fingerprint density at radius 2 is 2.05 bits per heavy atom. The molecule has 1 aromatic carbocycles. The number of aliphatic carboxylic acids is 1. The van der Waals surface area contributed by atoms with Crippen LogP contribution in [-0.4, -0.2) is 22.2 Å². The lowest BCUT2D eigenvalue weighted by molar-refractivity contribution is -0.136. The SMILES string of the molecule is Cc1nc(NC(=O)OCc2ccccc2)sc1CC(=O)O. The molecule has 0 aliphatic heterocycles. The number of hydrogen-bond acceptors (Lipinski definition) is 5. The third-order valence-electron chi connectivity index (χ3n) is 2.63. The predicted molar refractivity (Wildman–Crippen MR) is 78.4 cm³/mol. The normalized spacial score (nSPS) is 10.1. The second-order valence-electron chi connectivity index (χ2n) is 4.28. The highest BCUT2D eigenvalue weighted by Gasteiger charge is 2.13. The van der Waals surface area contributed by atoms with E-state index in [1.807, 2.05) is 30.3 Å². The Morgan fingerprint density at radius 1 is 1.33 bits per heavy atom. The zero-order valence-corrected chi connectivity index (χ0v) is 12.1. The second-order valence-corrected chi connectivity index (χ2v) is 5.37. The molecule has 21 heavy (non-hydrogen) atoms. The van der Waals surface area contributed by atoms with Gasteiger partial charge in [0.2, 0.25) is 0 Å². The summed E-state index contributed by atoms with van der Waals surface area (Å²) in [7, 11) is 0. The van der Waals surface area contributed by atoms with Crippen molar-refractivity contribution in [1.82, 2.24) is 4.98 Å². The highest BCUT2D eigenvalue weighted by atomic mass is 32.1. The highest BCUT2D eigenvalue weighted by Crippen LogP contribution is 2.23. The van der Waals surface area contributed by atoms with Gasteiger partial charge in [-0.25, -0.2) is 9.78 Å². The quantitative estimate of drug-likeness (QED) is 0.886. The molecule has 110 valence electrons. The number of aromatic nitrogens is 1. The fraction of sp³-hybridized carbons (Fsp3) is 0.214. The molecule has 7 heteroatoms. The number of nitrogens with one attached hydrogen (secondary N) is 1. The van der Waals surface area contributed by atoms with Crippen LogP contribution in [0.3, 0.4) is 0 Å². The summed E-state index contributed by atoms with van der Waals surface area (Å²) in [4.78, 5) is 27.0. The van der Waals surface area contributed by atoms with Crippen molar-refractivity contribution in [1.29, 1.82) is 0 Å². The van der Waals surface area contributed by atoms with Crippen molar-refractivity contribution in [2.45, 2.75) is 20.0 Å². The molecule has 0 bridgehead atoms. The topological polar surface area (TPSA) is 88.5 Å². The lowest BCUT2D eigenvalue weighted by Gasteiger charge is -2.04. The molecule has 0 saturated carbocycles. The summed E-state index contributed by atoms with van der Waals surface area (Å²) < 4.78 is 5.06. The van der Waals surface area contributed by atoms with E-state index in [0.717, 1.165) is 16.9 Å². The van der Waals surface area contributed by atoms with E-state index in [2.05, 4.69) is 10.3 Å². The van der Waals surface area contributed by atoms with Crippen molar-refractivity contribution in [3.63, 3.8) is 0 Å².